The van der Waals surface area contributed by atoms with Crippen LogP contribution in [0.5, 0.6) is 0 Å². The second kappa shape index (κ2) is 3.76. The minimum Gasteiger partial charge on any atom is -0.469 e. The van der Waals surface area contributed by atoms with Gasteiger partial charge in [-0.15, -0.1) is 0 Å². The number of carbonyl (C=O) groups is 1. The zero-order valence-corrected chi connectivity index (χ0v) is 7.57. The SMILES string of the molecule is CCc1occc1C(=O)N(C)C#N. The Morgan fingerprint density at radius 2 is 2.46 bits per heavy atom. The molecule has 0 bridgehead atoms. The number of aryl methyl sites for hydroxylation is 1. The lowest BCUT2D eigenvalue weighted by Gasteiger charge is -2.05. The molecule has 1 rings (SSSR count). The highest BCUT2D eigenvalue weighted by Gasteiger charge is 2.16. The third-order valence-corrected chi connectivity index (χ3v) is 1.75. The Labute approximate surface area is 76.4 Å². The molecule has 0 aromatic carbocycles. The van der Waals surface area contributed by atoms with E-state index in [1.807, 2.05) is 6.92 Å². The molecule has 1 aromatic heterocycles. The molecule has 0 saturated heterocycles. The normalized spacial score (nSPS) is 9.31. The molecular weight excluding hydrogens is 168 g/mol. The van der Waals surface area contributed by atoms with E-state index in [0.29, 0.717) is 17.7 Å². The highest BCUT2D eigenvalue weighted by Crippen LogP contribution is 2.12. The van der Waals surface area contributed by atoms with Crippen molar-refractivity contribution in [3.63, 3.8) is 0 Å². The fraction of sp³-hybridized carbons (Fsp3) is 0.333. The molecule has 13 heavy (non-hydrogen) atoms. The van der Waals surface area contributed by atoms with Gasteiger partial charge in [-0.3, -0.25) is 4.79 Å². The summed E-state index contributed by atoms with van der Waals surface area (Å²) in [4.78, 5) is 12.4. The largest absolute Gasteiger partial charge is 0.469 e. The van der Waals surface area contributed by atoms with Crippen LogP contribution >= 0.6 is 0 Å². The van der Waals surface area contributed by atoms with E-state index in [-0.39, 0.29) is 5.91 Å². The number of hydrogen-bond donors (Lipinski definition) is 0. The van der Waals surface area contributed by atoms with Gasteiger partial charge in [0.15, 0.2) is 6.19 Å². The first-order valence-corrected chi connectivity index (χ1v) is 3.94. The molecule has 0 N–H and O–H groups in total. The molecule has 0 fully saturated rings. The van der Waals surface area contributed by atoms with E-state index in [1.54, 1.807) is 12.3 Å². The Kier molecular flexibility index (Phi) is 2.70. The number of carbonyl (C=O) groups excluding carboxylic acids is 1. The average Bonchev–Trinajstić information content (AvgIpc) is 2.62. The number of hydrogen-bond acceptors (Lipinski definition) is 3. The highest BCUT2D eigenvalue weighted by atomic mass is 16.3. The number of furan rings is 1. The van der Waals surface area contributed by atoms with Gasteiger partial charge in [0.1, 0.15) is 5.76 Å². The summed E-state index contributed by atoms with van der Waals surface area (Å²) < 4.78 is 5.07. The van der Waals surface area contributed by atoms with Crippen molar-refractivity contribution in [3.05, 3.63) is 23.7 Å². The van der Waals surface area contributed by atoms with Crippen molar-refractivity contribution < 1.29 is 9.21 Å². The third-order valence-electron chi connectivity index (χ3n) is 1.75. The maximum absolute atomic E-state index is 11.5. The molecular formula is C9H10N2O2. The number of rotatable bonds is 2. The van der Waals surface area contributed by atoms with Crippen LogP contribution in [0.4, 0.5) is 0 Å². The summed E-state index contributed by atoms with van der Waals surface area (Å²) in [5.74, 6) is 0.292. The van der Waals surface area contributed by atoms with Crippen LogP contribution in [0, 0.1) is 11.5 Å². The molecule has 4 heteroatoms. The minimum absolute atomic E-state index is 0.326. The topological polar surface area (TPSA) is 57.2 Å². The van der Waals surface area contributed by atoms with Crippen LogP contribution in [-0.4, -0.2) is 17.9 Å². The van der Waals surface area contributed by atoms with Crippen molar-refractivity contribution in [1.29, 1.82) is 5.26 Å². The molecule has 0 saturated carbocycles. The maximum Gasteiger partial charge on any atom is 0.270 e. The monoisotopic (exact) mass is 178 g/mol. The second-order valence-corrected chi connectivity index (χ2v) is 2.58. The zero-order chi connectivity index (χ0) is 9.84. The molecule has 4 nitrogen and oxygen atoms in total. The van der Waals surface area contributed by atoms with Crippen LogP contribution in [0.2, 0.25) is 0 Å². The standard InChI is InChI=1S/C9H10N2O2/c1-3-8-7(4-5-13-8)9(12)11(2)6-10/h4-5H,3H2,1-2H3. The van der Waals surface area contributed by atoms with E-state index >= 15 is 0 Å². The van der Waals surface area contributed by atoms with Gasteiger partial charge in [-0.2, -0.15) is 5.26 Å². The van der Waals surface area contributed by atoms with Gasteiger partial charge in [0.25, 0.3) is 5.91 Å². The van der Waals surface area contributed by atoms with E-state index in [9.17, 15) is 4.79 Å². The molecule has 0 aliphatic rings. The maximum atomic E-state index is 11.5. The molecule has 1 amide bonds. The molecule has 0 aliphatic heterocycles. The van der Waals surface area contributed by atoms with Crippen molar-refractivity contribution in [2.75, 3.05) is 7.05 Å². The predicted molar refractivity (Wildman–Crippen MR) is 45.8 cm³/mol. The Bertz CT molecular complexity index is 349. The zero-order valence-electron chi connectivity index (χ0n) is 7.57. The molecule has 0 atom stereocenters. The van der Waals surface area contributed by atoms with Gasteiger partial charge >= 0.3 is 0 Å². The third kappa shape index (κ3) is 1.70. The Morgan fingerprint density at radius 3 is 3.00 bits per heavy atom. The van der Waals surface area contributed by atoms with Gasteiger partial charge in [-0.05, 0) is 6.07 Å². The summed E-state index contributed by atoms with van der Waals surface area (Å²) in [6.45, 7) is 1.89. The van der Waals surface area contributed by atoms with E-state index in [2.05, 4.69) is 0 Å². The van der Waals surface area contributed by atoms with E-state index < -0.39 is 0 Å². The van der Waals surface area contributed by atoms with Gasteiger partial charge in [0.2, 0.25) is 0 Å². The number of amides is 1. The summed E-state index contributed by atoms with van der Waals surface area (Å²) in [6, 6.07) is 1.58. The molecule has 0 spiro atoms. The fourth-order valence-electron chi connectivity index (χ4n) is 1.03. The van der Waals surface area contributed by atoms with Crippen molar-refractivity contribution >= 4 is 5.91 Å². The predicted octanol–water partition coefficient (Wildman–Crippen LogP) is 1.40. The Balaban J connectivity index is 2.96. The first-order chi connectivity index (χ1) is 6.20. The Morgan fingerprint density at radius 1 is 1.77 bits per heavy atom. The molecule has 0 aliphatic carbocycles. The van der Waals surface area contributed by atoms with E-state index in [4.69, 9.17) is 9.68 Å². The number of nitrogens with zero attached hydrogens (tertiary/aromatic N) is 2. The molecule has 0 unspecified atom stereocenters. The van der Waals surface area contributed by atoms with Crippen LogP contribution in [0.25, 0.3) is 0 Å². The summed E-state index contributed by atoms with van der Waals surface area (Å²) >= 11 is 0. The van der Waals surface area contributed by atoms with E-state index in [0.717, 1.165) is 4.90 Å². The van der Waals surface area contributed by atoms with Crippen LogP contribution in [-0.2, 0) is 6.42 Å². The molecule has 1 aromatic rings. The minimum atomic E-state index is -0.326. The average molecular weight is 178 g/mol. The van der Waals surface area contributed by atoms with Gasteiger partial charge in [-0.25, -0.2) is 4.90 Å². The molecule has 68 valence electrons. The Hall–Kier alpha value is -1.76. The summed E-state index contributed by atoms with van der Waals surface area (Å²) in [6.07, 6.45) is 3.85. The molecule has 1 heterocycles. The van der Waals surface area contributed by atoms with Crippen LogP contribution in [0.3, 0.4) is 0 Å². The lowest BCUT2D eigenvalue weighted by molar-refractivity contribution is 0.0856. The smallest absolute Gasteiger partial charge is 0.270 e. The van der Waals surface area contributed by atoms with Crippen molar-refractivity contribution in [3.8, 4) is 6.19 Å². The van der Waals surface area contributed by atoms with Crippen LogP contribution in [0.15, 0.2) is 16.7 Å². The summed E-state index contributed by atoms with van der Waals surface area (Å²) in [7, 11) is 1.43. The first-order valence-electron chi connectivity index (χ1n) is 3.94. The van der Waals surface area contributed by atoms with Gasteiger partial charge in [0.05, 0.1) is 11.8 Å². The van der Waals surface area contributed by atoms with Gasteiger partial charge in [0, 0.05) is 13.5 Å². The van der Waals surface area contributed by atoms with Crippen molar-refractivity contribution in [2.24, 2.45) is 0 Å². The first kappa shape index (κ1) is 9.33. The van der Waals surface area contributed by atoms with Gasteiger partial charge in [-0.1, -0.05) is 6.92 Å². The van der Waals surface area contributed by atoms with Gasteiger partial charge < -0.3 is 4.42 Å². The number of nitriles is 1. The lowest BCUT2D eigenvalue weighted by Crippen LogP contribution is -2.21. The van der Waals surface area contributed by atoms with Crippen molar-refractivity contribution in [2.45, 2.75) is 13.3 Å². The van der Waals surface area contributed by atoms with Crippen LogP contribution < -0.4 is 0 Å². The lowest BCUT2D eigenvalue weighted by atomic mass is 10.2. The fourth-order valence-corrected chi connectivity index (χ4v) is 1.03. The molecule has 0 radical (unpaired) electrons. The highest BCUT2D eigenvalue weighted by molar-refractivity contribution is 5.95. The van der Waals surface area contributed by atoms with Crippen LogP contribution in [0.1, 0.15) is 23.0 Å². The quantitative estimate of drug-likeness (QED) is 0.508. The van der Waals surface area contributed by atoms with E-state index in [1.165, 1.54) is 13.3 Å². The summed E-state index contributed by atoms with van der Waals surface area (Å²) in [5, 5.41) is 8.49. The summed E-state index contributed by atoms with van der Waals surface area (Å²) in [5.41, 5.74) is 0.464. The second-order valence-electron chi connectivity index (χ2n) is 2.58. The van der Waals surface area contributed by atoms with Crippen molar-refractivity contribution in [1.82, 2.24) is 4.90 Å².